The molecule has 1 amide bonds. The van der Waals surface area contributed by atoms with Gasteiger partial charge in [0.2, 0.25) is 5.91 Å². The molecule has 122 valence electrons. The molecular formula is C19H29NO2. The lowest BCUT2D eigenvalue weighted by molar-refractivity contribution is -0.136. The van der Waals surface area contributed by atoms with Gasteiger partial charge in [0.25, 0.3) is 0 Å². The fourth-order valence-corrected chi connectivity index (χ4v) is 6.55. The Bertz CT molecular complexity index is 542. The molecule has 0 radical (unpaired) electrons. The Morgan fingerprint density at radius 1 is 1.18 bits per heavy atom. The highest BCUT2D eigenvalue weighted by Crippen LogP contribution is 2.64. The Hall–Kier alpha value is -0.830. The largest absolute Gasteiger partial charge is 0.393 e. The Kier molecular flexibility index (Phi) is 3.08. The lowest BCUT2D eigenvalue weighted by Crippen LogP contribution is -2.54. The molecule has 0 aromatic rings. The molecule has 22 heavy (non-hydrogen) atoms. The van der Waals surface area contributed by atoms with Gasteiger partial charge in [-0.25, -0.2) is 0 Å². The fraction of sp³-hybridized carbons (Fsp3) is 0.842. The van der Waals surface area contributed by atoms with Crippen LogP contribution in [0.4, 0.5) is 0 Å². The second-order valence-corrected chi connectivity index (χ2v) is 8.71. The number of carbonyl (C=O) groups excluding carboxylic acids is 1. The molecule has 3 fully saturated rings. The van der Waals surface area contributed by atoms with Crippen molar-refractivity contribution >= 4 is 5.91 Å². The van der Waals surface area contributed by atoms with Crippen LogP contribution < -0.4 is 0 Å². The topological polar surface area (TPSA) is 40.5 Å². The maximum Gasteiger partial charge on any atom is 0.226 e. The van der Waals surface area contributed by atoms with Crippen molar-refractivity contribution in [3.63, 3.8) is 0 Å². The molecule has 2 saturated carbocycles. The molecule has 0 unspecified atom stereocenters. The van der Waals surface area contributed by atoms with Crippen LogP contribution in [-0.4, -0.2) is 29.1 Å². The summed E-state index contributed by atoms with van der Waals surface area (Å²) in [5.74, 6) is 2.33. The lowest BCUT2D eigenvalue weighted by atomic mass is 9.49. The zero-order chi connectivity index (χ0) is 15.7. The molecule has 4 rings (SSSR count). The van der Waals surface area contributed by atoms with E-state index in [1.54, 1.807) is 0 Å². The van der Waals surface area contributed by atoms with Gasteiger partial charge in [0.15, 0.2) is 0 Å². The summed E-state index contributed by atoms with van der Waals surface area (Å²) >= 11 is 0. The van der Waals surface area contributed by atoms with Gasteiger partial charge in [0.1, 0.15) is 0 Å². The number of aliphatic hydroxyl groups is 1. The number of nitrogens with zero attached hydrogens (tertiary/aromatic N) is 1. The van der Waals surface area contributed by atoms with Crippen molar-refractivity contribution in [3.8, 4) is 0 Å². The van der Waals surface area contributed by atoms with Gasteiger partial charge < -0.3 is 10.0 Å². The molecule has 0 spiro atoms. The van der Waals surface area contributed by atoms with Crippen molar-refractivity contribution in [2.45, 2.75) is 64.9 Å². The number of rotatable bonds is 0. The first kappa shape index (κ1) is 14.7. The van der Waals surface area contributed by atoms with Crippen molar-refractivity contribution in [1.29, 1.82) is 0 Å². The summed E-state index contributed by atoms with van der Waals surface area (Å²) in [4.78, 5) is 14.0. The number of piperidine rings is 1. The van der Waals surface area contributed by atoms with E-state index in [2.05, 4.69) is 19.9 Å². The normalized spacial score (nSPS) is 51.0. The van der Waals surface area contributed by atoms with Crippen LogP contribution in [0.5, 0.6) is 0 Å². The molecule has 0 aromatic carbocycles. The van der Waals surface area contributed by atoms with Gasteiger partial charge >= 0.3 is 0 Å². The molecular weight excluding hydrogens is 274 g/mol. The second-order valence-electron chi connectivity index (χ2n) is 8.71. The minimum atomic E-state index is -0.104. The zero-order valence-corrected chi connectivity index (χ0v) is 14.1. The third-order valence-electron chi connectivity index (χ3n) is 7.97. The van der Waals surface area contributed by atoms with Crippen LogP contribution in [0.2, 0.25) is 0 Å². The molecule has 3 heteroatoms. The summed E-state index contributed by atoms with van der Waals surface area (Å²) in [6, 6.07) is 0. The van der Waals surface area contributed by atoms with Crippen LogP contribution in [0.3, 0.4) is 0 Å². The number of aliphatic hydroxyl groups excluding tert-OH is 1. The third-order valence-corrected chi connectivity index (χ3v) is 7.97. The number of carbonyl (C=O) groups is 1. The van der Waals surface area contributed by atoms with Crippen LogP contribution in [0.25, 0.3) is 0 Å². The van der Waals surface area contributed by atoms with Crippen LogP contribution in [-0.2, 0) is 4.79 Å². The van der Waals surface area contributed by atoms with Gasteiger partial charge in [-0.3, -0.25) is 4.79 Å². The molecule has 3 aliphatic carbocycles. The SMILES string of the molecule is CN1C(=O)CC[C@@]2(C)C1=CC[C@H]1[C@@H]3CC[C@H](O)[C@@]3(C)CC[C@@H]12. The minimum absolute atomic E-state index is 0.104. The van der Waals surface area contributed by atoms with Gasteiger partial charge in [-0.15, -0.1) is 0 Å². The van der Waals surface area contributed by atoms with Crippen molar-refractivity contribution in [1.82, 2.24) is 4.90 Å². The number of hydrogen-bond acceptors (Lipinski definition) is 2. The zero-order valence-electron chi connectivity index (χ0n) is 14.1. The molecule has 0 bridgehead atoms. The monoisotopic (exact) mass is 303 g/mol. The van der Waals surface area contributed by atoms with Crippen LogP contribution in [0.1, 0.15) is 58.8 Å². The first-order chi connectivity index (χ1) is 10.4. The lowest BCUT2D eigenvalue weighted by Gasteiger charge is -2.58. The molecule has 1 heterocycles. The Morgan fingerprint density at radius 2 is 1.95 bits per heavy atom. The summed E-state index contributed by atoms with van der Waals surface area (Å²) in [7, 11) is 1.96. The average molecular weight is 303 g/mol. The van der Waals surface area contributed by atoms with Gasteiger partial charge in [0.05, 0.1) is 6.10 Å². The summed E-state index contributed by atoms with van der Waals surface area (Å²) in [5.41, 5.74) is 1.59. The van der Waals surface area contributed by atoms with Crippen LogP contribution >= 0.6 is 0 Å². The van der Waals surface area contributed by atoms with Gasteiger partial charge in [-0.2, -0.15) is 0 Å². The molecule has 4 aliphatic rings. The predicted molar refractivity (Wildman–Crippen MR) is 85.9 cm³/mol. The van der Waals surface area contributed by atoms with Crippen LogP contribution in [0.15, 0.2) is 11.8 Å². The maximum absolute atomic E-state index is 12.1. The molecule has 0 aromatic heterocycles. The molecule has 1 aliphatic heterocycles. The van der Waals surface area contributed by atoms with E-state index in [9.17, 15) is 9.90 Å². The summed E-state index contributed by atoms with van der Waals surface area (Å²) in [6.07, 6.45) is 9.59. The Balaban J connectivity index is 1.71. The van der Waals surface area contributed by atoms with Gasteiger partial charge in [-0.1, -0.05) is 19.9 Å². The van der Waals surface area contributed by atoms with Crippen molar-refractivity contribution in [3.05, 3.63) is 11.8 Å². The predicted octanol–water partition coefficient (Wildman–Crippen LogP) is 3.34. The smallest absolute Gasteiger partial charge is 0.226 e. The number of amides is 1. The van der Waals surface area contributed by atoms with Gasteiger partial charge in [0, 0.05) is 24.6 Å². The molecule has 1 saturated heterocycles. The number of likely N-dealkylation sites (tertiary alicyclic amines) is 1. The van der Waals surface area contributed by atoms with E-state index < -0.39 is 0 Å². The van der Waals surface area contributed by atoms with Crippen molar-refractivity contribution in [2.24, 2.45) is 28.6 Å². The second kappa shape index (κ2) is 4.59. The van der Waals surface area contributed by atoms with E-state index in [0.717, 1.165) is 25.7 Å². The third kappa shape index (κ3) is 1.69. The average Bonchev–Trinajstić information content (AvgIpc) is 2.79. The van der Waals surface area contributed by atoms with E-state index in [4.69, 9.17) is 0 Å². The number of allylic oxidation sites excluding steroid dienone is 2. The first-order valence-corrected chi connectivity index (χ1v) is 9.03. The highest BCUT2D eigenvalue weighted by molar-refractivity contribution is 5.79. The van der Waals surface area contributed by atoms with E-state index in [-0.39, 0.29) is 22.8 Å². The minimum Gasteiger partial charge on any atom is -0.393 e. The summed E-state index contributed by atoms with van der Waals surface area (Å²) in [6.45, 7) is 4.72. The van der Waals surface area contributed by atoms with E-state index in [0.29, 0.717) is 24.2 Å². The van der Waals surface area contributed by atoms with Crippen molar-refractivity contribution < 1.29 is 9.90 Å². The Morgan fingerprint density at radius 3 is 2.73 bits per heavy atom. The molecule has 3 nitrogen and oxygen atoms in total. The van der Waals surface area contributed by atoms with E-state index in [1.807, 2.05) is 11.9 Å². The van der Waals surface area contributed by atoms with Crippen LogP contribution in [0, 0.1) is 28.6 Å². The summed E-state index contributed by atoms with van der Waals surface area (Å²) < 4.78 is 0. The fourth-order valence-electron chi connectivity index (χ4n) is 6.55. The van der Waals surface area contributed by atoms with Crippen molar-refractivity contribution in [2.75, 3.05) is 7.05 Å². The van der Waals surface area contributed by atoms with Gasteiger partial charge in [-0.05, 0) is 61.7 Å². The summed E-state index contributed by atoms with van der Waals surface area (Å²) in [5, 5.41) is 10.5. The first-order valence-electron chi connectivity index (χ1n) is 9.03. The maximum atomic E-state index is 12.1. The van der Waals surface area contributed by atoms with E-state index >= 15 is 0 Å². The molecule has 1 N–H and O–H groups in total. The highest BCUT2D eigenvalue weighted by Gasteiger charge is 2.59. The number of fused-ring (bicyclic) bond motifs is 5. The quantitative estimate of drug-likeness (QED) is 0.745. The standard InChI is InChI=1S/C19H29NO2/c1-18-11-9-17(22)20(3)15(18)6-4-12-13-5-7-16(21)19(13,2)10-8-14(12)18/h6,12-14,16,21H,4-5,7-11H2,1-3H3/t12-,13-,14-,16-,18+,19-/m0/s1. The highest BCUT2D eigenvalue weighted by atomic mass is 16.3. The number of hydrogen-bond donors (Lipinski definition) is 1. The van der Waals surface area contributed by atoms with E-state index in [1.165, 1.54) is 18.5 Å². The molecule has 6 atom stereocenters. The Labute approximate surface area is 133 Å².